The second kappa shape index (κ2) is 2.17. The van der Waals surface area contributed by atoms with Gasteiger partial charge in [0, 0.05) is 19.2 Å². The van der Waals surface area contributed by atoms with Gasteiger partial charge in [0.1, 0.15) is 0 Å². The largest absolute Gasteiger partial charge is 0.273 e. The third kappa shape index (κ3) is 1.28. The quantitative estimate of drug-likeness (QED) is 0.468. The van der Waals surface area contributed by atoms with Crippen molar-refractivity contribution in [2.75, 3.05) is 7.05 Å². The van der Waals surface area contributed by atoms with Gasteiger partial charge in [0.05, 0.1) is 0 Å². The molecule has 3 heteroatoms. The highest BCUT2D eigenvalue weighted by Crippen LogP contribution is 2.05. The Morgan fingerprint density at radius 1 is 1.56 bits per heavy atom. The highest BCUT2D eigenvalue weighted by atomic mass is 16.2. The van der Waals surface area contributed by atoms with Gasteiger partial charge in [-0.25, -0.2) is 5.01 Å². The molecule has 0 saturated carbocycles. The van der Waals surface area contributed by atoms with Gasteiger partial charge in [0.2, 0.25) is 5.91 Å². The van der Waals surface area contributed by atoms with Crippen molar-refractivity contribution < 1.29 is 4.79 Å². The summed E-state index contributed by atoms with van der Waals surface area (Å²) in [5.41, 5.74) is 1.04. The molecule has 9 heavy (non-hydrogen) atoms. The van der Waals surface area contributed by atoms with E-state index < -0.39 is 0 Å². The minimum absolute atomic E-state index is 0.112. The summed E-state index contributed by atoms with van der Waals surface area (Å²) in [4.78, 5) is 10.8. The Labute approximate surface area is 54.3 Å². The summed E-state index contributed by atoms with van der Waals surface area (Å²) in [7, 11) is 1.69. The number of rotatable bonds is 0. The van der Waals surface area contributed by atoms with Crippen molar-refractivity contribution in [1.29, 1.82) is 0 Å². The summed E-state index contributed by atoms with van der Waals surface area (Å²) in [5, 5.41) is 5.37. The Kier molecular flexibility index (Phi) is 1.51. The average molecular weight is 126 g/mol. The first kappa shape index (κ1) is 6.26. The zero-order chi connectivity index (χ0) is 6.85. The van der Waals surface area contributed by atoms with Crippen LogP contribution in [0.4, 0.5) is 0 Å². The van der Waals surface area contributed by atoms with Gasteiger partial charge in [-0.05, 0) is 13.3 Å². The fourth-order valence-electron chi connectivity index (χ4n) is 0.811. The monoisotopic (exact) mass is 126 g/mol. The molecule has 0 aromatic heterocycles. The summed E-state index contributed by atoms with van der Waals surface area (Å²) < 4.78 is 0. The van der Waals surface area contributed by atoms with Gasteiger partial charge in [-0.1, -0.05) is 0 Å². The summed E-state index contributed by atoms with van der Waals surface area (Å²) in [5.74, 6) is 0.112. The molecule has 0 radical (unpaired) electrons. The van der Waals surface area contributed by atoms with Gasteiger partial charge in [0.25, 0.3) is 0 Å². The van der Waals surface area contributed by atoms with Crippen LogP contribution in [-0.4, -0.2) is 23.7 Å². The van der Waals surface area contributed by atoms with Crippen LogP contribution in [-0.2, 0) is 4.79 Å². The van der Waals surface area contributed by atoms with Gasteiger partial charge in [-0.3, -0.25) is 4.79 Å². The Hall–Kier alpha value is -0.860. The first-order valence-corrected chi connectivity index (χ1v) is 3.01. The molecule has 0 N–H and O–H groups in total. The fourth-order valence-corrected chi connectivity index (χ4v) is 0.811. The van der Waals surface area contributed by atoms with Gasteiger partial charge >= 0.3 is 0 Å². The zero-order valence-corrected chi connectivity index (χ0v) is 5.72. The third-order valence-corrected chi connectivity index (χ3v) is 1.38. The molecule has 3 nitrogen and oxygen atoms in total. The summed E-state index contributed by atoms with van der Waals surface area (Å²) in [6.07, 6.45) is 1.44. The SMILES string of the molecule is CC1=NN(C)C(=O)CC1. The van der Waals surface area contributed by atoms with E-state index in [-0.39, 0.29) is 5.91 Å². The van der Waals surface area contributed by atoms with Crippen molar-refractivity contribution in [3.63, 3.8) is 0 Å². The molecular formula is C6H10N2O. The van der Waals surface area contributed by atoms with E-state index in [2.05, 4.69) is 5.10 Å². The number of amides is 1. The molecule has 0 aliphatic carbocycles. The maximum atomic E-state index is 10.8. The topological polar surface area (TPSA) is 32.7 Å². The molecule has 0 spiro atoms. The molecule has 0 aromatic carbocycles. The number of carbonyl (C=O) groups is 1. The van der Waals surface area contributed by atoms with E-state index in [0.717, 1.165) is 12.1 Å². The van der Waals surface area contributed by atoms with Gasteiger partial charge < -0.3 is 0 Å². The van der Waals surface area contributed by atoms with Crippen molar-refractivity contribution in [2.45, 2.75) is 19.8 Å². The molecule has 0 fully saturated rings. The van der Waals surface area contributed by atoms with Gasteiger partial charge in [0.15, 0.2) is 0 Å². The second-order valence-electron chi connectivity index (χ2n) is 2.25. The standard InChI is InChI=1S/C6H10N2O/c1-5-3-4-6(9)8(2)7-5/h3-4H2,1-2H3. The van der Waals surface area contributed by atoms with E-state index in [1.165, 1.54) is 5.01 Å². The van der Waals surface area contributed by atoms with Crippen LogP contribution >= 0.6 is 0 Å². The van der Waals surface area contributed by atoms with E-state index in [1.54, 1.807) is 7.05 Å². The van der Waals surface area contributed by atoms with Crippen molar-refractivity contribution in [1.82, 2.24) is 5.01 Å². The molecule has 1 amide bonds. The van der Waals surface area contributed by atoms with E-state index in [9.17, 15) is 4.79 Å². The van der Waals surface area contributed by atoms with Crippen LogP contribution < -0.4 is 0 Å². The number of carbonyl (C=O) groups excluding carboxylic acids is 1. The second-order valence-corrected chi connectivity index (χ2v) is 2.25. The molecule has 0 aromatic rings. The molecule has 0 bridgehead atoms. The van der Waals surface area contributed by atoms with E-state index in [1.807, 2.05) is 6.92 Å². The van der Waals surface area contributed by atoms with Crippen molar-refractivity contribution in [2.24, 2.45) is 5.10 Å². The van der Waals surface area contributed by atoms with Crippen LogP contribution in [0, 0.1) is 0 Å². The Morgan fingerprint density at radius 3 is 2.67 bits per heavy atom. The van der Waals surface area contributed by atoms with Crippen LogP contribution in [0.3, 0.4) is 0 Å². The minimum Gasteiger partial charge on any atom is -0.273 e. The number of hydrogen-bond donors (Lipinski definition) is 0. The third-order valence-electron chi connectivity index (χ3n) is 1.38. The first-order valence-electron chi connectivity index (χ1n) is 3.01. The van der Waals surface area contributed by atoms with Crippen LogP contribution in [0.25, 0.3) is 0 Å². The van der Waals surface area contributed by atoms with Crippen molar-refractivity contribution >= 4 is 11.6 Å². The lowest BCUT2D eigenvalue weighted by molar-refractivity contribution is -0.130. The average Bonchev–Trinajstić information content (AvgIpc) is 1.80. The maximum absolute atomic E-state index is 10.8. The molecule has 1 rings (SSSR count). The van der Waals surface area contributed by atoms with E-state index in [0.29, 0.717) is 6.42 Å². The smallest absolute Gasteiger partial charge is 0.242 e. The normalized spacial score (nSPS) is 20.0. The molecular weight excluding hydrogens is 116 g/mol. The summed E-state index contributed by atoms with van der Waals surface area (Å²) in [6, 6.07) is 0. The van der Waals surface area contributed by atoms with E-state index >= 15 is 0 Å². The lowest BCUT2D eigenvalue weighted by Gasteiger charge is -2.16. The number of hydrogen-bond acceptors (Lipinski definition) is 2. The Bertz CT molecular complexity index is 162. The fraction of sp³-hybridized carbons (Fsp3) is 0.667. The predicted octanol–water partition coefficient (Wildman–Crippen LogP) is 0.615. The summed E-state index contributed by atoms with van der Waals surface area (Å²) >= 11 is 0. The minimum atomic E-state index is 0.112. The zero-order valence-electron chi connectivity index (χ0n) is 5.72. The molecule has 0 atom stereocenters. The van der Waals surface area contributed by atoms with Crippen molar-refractivity contribution in [3.8, 4) is 0 Å². The van der Waals surface area contributed by atoms with Crippen LogP contribution in [0.15, 0.2) is 5.10 Å². The Morgan fingerprint density at radius 2 is 2.22 bits per heavy atom. The van der Waals surface area contributed by atoms with Crippen molar-refractivity contribution in [3.05, 3.63) is 0 Å². The molecule has 1 aliphatic heterocycles. The van der Waals surface area contributed by atoms with Crippen LogP contribution in [0.2, 0.25) is 0 Å². The predicted molar refractivity (Wildman–Crippen MR) is 35.1 cm³/mol. The maximum Gasteiger partial charge on any atom is 0.242 e. The lowest BCUT2D eigenvalue weighted by Crippen LogP contribution is -2.26. The van der Waals surface area contributed by atoms with Gasteiger partial charge in [-0.2, -0.15) is 5.10 Å². The highest BCUT2D eigenvalue weighted by molar-refractivity contribution is 5.90. The number of nitrogens with zero attached hydrogens (tertiary/aromatic N) is 2. The molecule has 0 unspecified atom stereocenters. The van der Waals surface area contributed by atoms with Crippen LogP contribution in [0.5, 0.6) is 0 Å². The highest BCUT2D eigenvalue weighted by Gasteiger charge is 2.12. The molecule has 0 saturated heterocycles. The first-order chi connectivity index (χ1) is 4.20. The Balaban J connectivity index is 2.69. The molecule has 1 aliphatic rings. The van der Waals surface area contributed by atoms with Gasteiger partial charge in [-0.15, -0.1) is 0 Å². The van der Waals surface area contributed by atoms with Crippen LogP contribution in [0.1, 0.15) is 19.8 Å². The molecule has 50 valence electrons. The lowest BCUT2D eigenvalue weighted by atomic mass is 10.2. The summed E-state index contributed by atoms with van der Waals surface area (Å²) in [6.45, 7) is 1.93. The number of hydrazone groups is 1. The molecule has 1 heterocycles. The van der Waals surface area contributed by atoms with E-state index in [4.69, 9.17) is 0 Å².